The first-order valence-corrected chi connectivity index (χ1v) is 8.22. The van der Waals surface area contributed by atoms with Crippen molar-refractivity contribution < 1.29 is 28.6 Å². The second-order valence-corrected chi connectivity index (χ2v) is 6.13. The Morgan fingerprint density at radius 1 is 1.15 bits per heavy atom. The van der Waals surface area contributed by atoms with Crippen molar-refractivity contribution in [2.24, 2.45) is 0 Å². The lowest BCUT2D eigenvalue weighted by atomic mass is 9.99. The molecule has 4 rings (SSSR count). The number of benzene rings is 2. The fraction of sp³-hybridized carbons (Fsp3) is 0.150. The number of esters is 2. The first-order chi connectivity index (χ1) is 13.0. The van der Waals surface area contributed by atoms with E-state index in [0.717, 1.165) is 5.56 Å². The van der Waals surface area contributed by atoms with Crippen molar-refractivity contribution >= 4 is 22.9 Å². The summed E-state index contributed by atoms with van der Waals surface area (Å²) in [6, 6.07) is 12.4. The minimum absolute atomic E-state index is 0.0485. The van der Waals surface area contributed by atoms with Gasteiger partial charge in [0, 0.05) is 29.5 Å². The maximum absolute atomic E-state index is 12.4. The summed E-state index contributed by atoms with van der Waals surface area (Å²) < 4.78 is 15.5. The average Bonchev–Trinajstić information content (AvgIpc) is 2.65. The molecule has 0 radical (unpaired) electrons. The Labute approximate surface area is 152 Å². The zero-order valence-corrected chi connectivity index (χ0v) is 14.0. The molecule has 2 aromatic carbocycles. The molecule has 1 aromatic heterocycles. The van der Waals surface area contributed by atoms with E-state index >= 15 is 0 Å². The minimum Gasteiger partial charge on any atom is -0.508 e. The Hall–Kier alpha value is -3.61. The molecule has 136 valence electrons. The number of carbonyl (C=O) groups is 2. The molecule has 0 unspecified atom stereocenters. The number of carbonyl (C=O) groups excluding carboxylic acids is 2. The first kappa shape index (κ1) is 16.8. The van der Waals surface area contributed by atoms with Crippen molar-refractivity contribution in [1.29, 1.82) is 0 Å². The van der Waals surface area contributed by atoms with Crippen LogP contribution in [0.5, 0.6) is 5.75 Å². The number of aromatic hydroxyl groups is 1. The molecule has 1 N–H and O–H groups in total. The SMILES string of the molecule is O=C1O[C@@H](C(=O)OCc2cc(=O)oc3cc(O)ccc23)Cc2ccccc21. The highest BCUT2D eigenvalue weighted by Crippen LogP contribution is 2.24. The van der Waals surface area contributed by atoms with Gasteiger partial charge >= 0.3 is 17.6 Å². The third-order valence-electron chi connectivity index (χ3n) is 4.34. The van der Waals surface area contributed by atoms with E-state index in [9.17, 15) is 19.5 Å². The van der Waals surface area contributed by atoms with Crippen molar-refractivity contribution in [2.75, 3.05) is 0 Å². The van der Waals surface area contributed by atoms with Crippen molar-refractivity contribution in [2.45, 2.75) is 19.1 Å². The lowest BCUT2D eigenvalue weighted by Crippen LogP contribution is -2.35. The van der Waals surface area contributed by atoms with Crippen molar-refractivity contribution in [3.63, 3.8) is 0 Å². The van der Waals surface area contributed by atoms with Crippen LogP contribution in [0, 0.1) is 0 Å². The van der Waals surface area contributed by atoms with Crippen LogP contribution < -0.4 is 5.63 Å². The number of hydrogen-bond acceptors (Lipinski definition) is 7. The van der Waals surface area contributed by atoms with Crippen LogP contribution in [0.1, 0.15) is 21.5 Å². The summed E-state index contributed by atoms with van der Waals surface area (Å²) in [6.07, 6.45) is -0.811. The number of phenolic OH excluding ortho intramolecular Hbond substituents is 1. The summed E-state index contributed by atoms with van der Waals surface area (Å²) in [5.41, 5.74) is 1.14. The normalized spacial score (nSPS) is 15.9. The van der Waals surface area contributed by atoms with Crippen LogP contribution in [0.2, 0.25) is 0 Å². The number of phenols is 1. The lowest BCUT2D eigenvalue weighted by Gasteiger charge is -2.23. The molecule has 27 heavy (non-hydrogen) atoms. The summed E-state index contributed by atoms with van der Waals surface area (Å²) in [4.78, 5) is 36.1. The highest BCUT2D eigenvalue weighted by atomic mass is 16.6. The van der Waals surface area contributed by atoms with Crippen LogP contribution >= 0.6 is 0 Å². The van der Waals surface area contributed by atoms with Crippen LogP contribution in [0.15, 0.2) is 57.7 Å². The molecule has 3 aromatic rings. The quantitative estimate of drug-likeness (QED) is 0.560. The second-order valence-electron chi connectivity index (χ2n) is 6.13. The average molecular weight is 366 g/mol. The number of cyclic esters (lactones) is 1. The number of rotatable bonds is 3. The van der Waals surface area contributed by atoms with E-state index in [-0.39, 0.29) is 24.4 Å². The predicted molar refractivity (Wildman–Crippen MR) is 93.3 cm³/mol. The maximum atomic E-state index is 12.4. The Morgan fingerprint density at radius 3 is 2.81 bits per heavy atom. The summed E-state index contributed by atoms with van der Waals surface area (Å²) >= 11 is 0. The molecular weight excluding hydrogens is 352 g/mol. The summed E-state index contributed by atoms with van der Waals surface area (Å²) in [7, 11) is 0. The van der Waals surface area contributed by atoms with Gasteiger partial charge in [0.25, 0.3) is 0 Å². The van der Waals surface area contributed by atoms with Crippen LogP contribution in [0.25, 0.3) is 11.0 Å². The van der Waals surface area contributed by atoms with Crippen LogP contribution in [0.4, 0.5) is 0 Å². The number of ether oxygens (including phenoxy) is 2. The molecule has 2 heterocycles. The molecule has 0 saturated heterocycles. The standard InChI is InChI=1S/C20H14O7/c21-13-5-6-14-12(8-18(22)26-16(14)9-13)10-25-20(24)17-7-11-3-1-2-4-15(11)19(23)27-17/h1-6,8-9,17,21H,7,10H2/t17-/m1/s1. The smallest absolute Gasteiger partial charge is 0.348 e. The van der Waals surface area contributed by atoms with Gasteiger partial charge in [-0.1, -0.05) is 18.2 Å². The monoisotopic (exact) mass is 366 g/mol. The predicted octanol–water partition coefficient (Wildman–Crippen LogP) is 2.32. The molecule has 0 amide bonds. The van der Waals surface area contributed by atoms with Crippen molar-refractivity contribution in [3.8, 4) is 5.75 Å². The fourth-order valence-corrected chi connectivity index (χ4v) is 3.04. The third kappa shape index (κ3) is 3.27. The molecular formula is C20H14O7. The van der Waals surface area contributed by atoms with Gasteiger partial charge in [0.15, 0.2) is 0 Å². The molecule has 1 atom stereocenters. The van der Waals surface area contributed by atoms with E-state index in [0.29, 0.717) is 16.5 Å². The van der Waals surface area contributed by atoms with Crippen LogP contribution in [0.3, 0.4) is 0 Å². The molecule has 1 aliphatic rings. The number of hydrogen-bond donors (Lipinski definition) is 1. The number of fused-ring (bicyclic) bond motifs is 2. The lowest BCUT2D eigenvalue weighted by molar-refractivity contribution is -0.155. The Morgan fingerprint density at radius 2 is 1.96 bits per heavy atom. The Bertz CT molecular complexity index is 1110. The largest absolute Gasteiger partial charge is 0.508 e. The molecule has 0 bridgehead atoms. The van der Waals surface area contributed by atoms with Crippen molar-refractivity contribution in [1.82, 2.24) is 0 Å². The maximum Gasteiger partial charge on any atom is 0.348 e. The van der Waals surface area contributed by atoms with Gasteiger partial charge in [0.05, 0.1) is 5.56 Å². The van der Waals surface area contributed by atoms with Gasteiger partial charge in [-0.3, -0.25) is 0 Å². The highest BCUT2D eigenvalue weighted by Gasteiger charge is 2.32. The Kier molecular flexibility index (Phi) is 4.12. The van der Waals surface area contributed by atoms with Gasteiger partial charge in [-0.05, 0) is 23.8 Å². The zero-order valence-electron chi connectivity index (χ0n) is 14.0. The van der Waals surface area contributed by atoms with Gasteiger partial charge in [0.1, 0.15) is 17.9 Å². The molecule has 0 fully saturated rings. The van der Waals surface area contributed by atoms with E-state index in [1.165, 1.54) is 18.2 Å². The third-order valence-corrected chi connectivity index (χ3v) is 4.34. The topological polar surface area (TPSA) is 103 Å². The van der Waals surface area contributed by atoms with Gasteiger partial charge in [0.2, 0.25) is 6.10 Å². The minimum atomic E-state index is -1.04. The van der Waals surface area contributed by atoms with E-state index in [2.05, 4.69) is 0 Å². The summed E-state index contributed by atoms with van der Waals surface area (Å²) in [5.74, 6) is -1.31. The van der Waals surface area contributed by atoms with E-state index < -0.39 is 23.7 Å². The summed E-state index contributed by atoms with van der Waals surface area (Å²) in [5, 5.41) is 10.0. The summed E-state index contributed by atoms with van der Waals surface area (Å²) in [6.45, 7) is -0.193. The molecule has 7 heteroatoms. The fourth-order valence-electron chi connectivity index (χ4n) is 3.04. The van der Waals surface area contributed by atoms with Crippen LogP contribution in [-0.2, 0) is 27.3 Å². The Balaban J connectivity index is 1.53. The highest BCUT2D eigenvalue weighted by molar-refractivity contribution is 5.95. The zero-order chi connectivity index (χ0) is 19.0. The van der Waals surface area contributed by atoms with Gasteiger partial charge in [-0.25, -0.2) is 14.4 Å². The van der Waals surface area contributed by atoms with Crippen molar-refractivity contribution in [3.05, 3.63) is 75.6 Å². The van der Waals surface area contributed by atoms with E-state index in [1.54, 1.807) is 30.3 Å². The molecule has 1 aliphatic heterocycles. The molecule has 0 spiro atoms. The second kappa shape index (κ2) is 6.60. The van der Waals surface area contributed by atoms with Gasteiger partial charge in [-0.2, -0.15) is 0 Å². The molecule has 0 saturated carbocycles. The molecule has 0 aliphatic carbocycles. The van der Waals surface area contributed by atoms with Gasteiger partial charge in [-0.15, -0.1) is 0 Å². The first-order valence-electron chi connectivity index (χ1n) is 8.22. The van der Waals surface area contributed by atoms with Gasteiger partial charge < -0.3 is 19.0 Å². The van der Waals surface area contributed by atoms with E-state index in [4.69, 9.17) is 13.9 Å². The van der Waals surface area contributed by atoms with Crippen LogP contribution in [-0.4, -0.2) is 23.1 Å². The molecule has 7 nitrogen and oxygen atoms in total. The van der Waals surface area contributed by atoms with E-state index in [1.807, 2.05) is 0 Å².